The van der Waals surface area contributed by atoms with Crippen LogP contribution < -0.4 is 9.47 Å². The van der Waals surface area contributed by atoms with Crippen molar-refractivity contribution in [3.05, 3.63) is 82.9 Å². The molecule has 1 N–H and O–H groups in total. The van der Waals surface area contributed by atoms with Gasteiger partial charge in [-0.2, -0.15) is 13.2 Å². The maximum Gasteiger partial charge on any atom is 0.420 e. The smallest absolute Gasteiger partial charge is 0.420 e. The zero-order valence-corrected chi connectivity index (χ0v) is 18.6. The van der Waals surface area contributed by atoms with Crippen LogP contribution in [0.15, 0.2) is 60.7 Å². The number of aryl methyl sites for hydroxylation is 1. The first-order chi connectivity index (χ1) is 16.2. The Morgan fingerprint density at radius 3 is 2.50 bits per heavy atom. The van der Waals surface area contributed by atoms with Crippen LogP contribution in [-0.2, 0) is 30.4 Å². The first kappa shape index (κ1) is 23.6. The highest BCUT2D eigenvalue weighted by Crippen LogP contribution is 2.41. The highest BCUT2D eigenvalue weighted by atomic mass is 19.4. The first-order valence-electron chi connectivity index (χ1n) is 10.9. The number of ether oxygens (including phenoxy) is 2. The van der Waals surface area contributed by atoms with Gasteiger partial charge in [-0.15, -0.1) is 0 Å². The quantitative estimate of drug-likeness (QED) is 0.439. The molecular formula is C26H24F3NO4. The van der Waals surface area contributed by atoms with Gasteiger partial charge in [0.05, 0.1) is 0 Å². The van der Waals surface area contributed by atoms with E-state index in [9.17, 15) is 18.0 Å². The van der Waals surface area contributed by atoms with Crippen LogP contribution in [0.1, 0.15) is 28.7 Å². The number of alkyl halides is 3. The lowest BCUT2D eigenvalue weighted by Crippen LogP contribution is -2.26. The Bertz CT molecular complexity index is 1190. The Kier molecular flexibility index (Phi) is 6.79. The van der Waals surface area contributed by atoms with E-state index in [0.29, 0.717) is 17.9 Å². The lowest BCUT2D eigenvalue weighted by Gasteiger charge is -2.26. The minimum absolute atomic E-state index is 0.0662. The fourth-order valence-electron chi connectivity index (χ4n) is 3.93. The summed E-state index contributed by atoms with van der Waals surface area (Å²) < 4.78 is 53.1. The summed E-state index contributed by atoms with van der Waals surface area (Å²) in [5.41, 5.74) is 1.81. The number of rotatable bonds is 7. The molecule has 0 spiro atoms. The van der Waals surface area contributed by atoms with Crippen molar-refractivity contribution in [2.45, 2.75) is 32.0 Å². The summed E-state index contributed by atoms with van der Waals surface area (Å²) in [7, 11) is 1.99. The van der Waals surface area contributed by atoms with E-state index in [-0.39, 0.29) is 30.1 Å². The molecule has 8 heteroatoms. The van der Waals surface area contributed by atoms with Gasteiger partial charge >= 0.3 is 12.1 Å². The molecule has 1 aliphatic heterocycles. The second-order valence-corrected chi connectivity index (χ2v) is 8.28. The van der Waals surface area contributed by atoms with Crippen molar-refractivity contribution in [3.63, 3.8) is 0 Å². The maximum absolute atomic E-state index is 13.9. The monoisotopic (exact) mass is 471 g/mol. The normalized spacial score (nSPS) is 13.9. The number of aliphatic carboxylic acids is 1. The largest absolute Gasteiger partial charge is 0.481 e. The predicted octanol–water partition coefficient (Wildman–Crippen LogP) is 6.30. The number of hydrogen-bond donors (Lipinski definition) is 1. The number of fused-ring (bicyclic) bond motifs is 1. The molecule has 1 heterocycles. The van der Waals surface area contributed by atoms with Crippen LogP contribution in [-0.4, -0.2) is 29.6 Å². The van der Waals surface area contributed by atoms with Crippen LogP contribution in [0.25, 0.3) is 0 Å². The number of nitrogens with zero attached hydrogens (tertiary/aromatic N) is 1. The lowest BCUT2D eigenvalue weighted by atomic mass is 9.99. The van der Waals surface area contributed by atoms with Crippen LogP contribution in [0.5, 0.6) is 23.0 Å². The fraction of sp³-hybridized carbons (Fsp3) is 0.269. The van der Waals surface area contributed by atoms with Crippen molar-refractivity contribution < 1.29 is 32.5 Å². The van der Waals surface area contributed by atoms with E-state index in [1.165, 1.54) is 18.2 Å². The number of halogens is 3. The molecule has 0 fully saturated rings. The Labute approximate surface area is 195 Å². The van der Waals surface area contributed by atoms with Crippen LogP contribution in [0.2, 0.25) is 0 Å². The Balaban J connectivity index is 1.60. The third kappa shape index (κ3) is 5.69. The van der Waals surface area contributed by atoms with Gasteiger partial charge in [-0.3, -0.25) is 4.79 Å². The molecule has 0 unspecified atom stereocenters. The minimum Gasteiger partial charge on any atom is -0.481 e. The summed E-state index contributed by atoms with van der Waals surface area (Å²) in [5.74, 6) is -0.506. The number of benzene rings is 3. The van der Waals surface area contributed by atoms with E-state index in [2.05, 4.69) is 4.90 Å². The molecule has 0 amide bonds. The number of carboxylic acid groups (broad SMARTS) is 1. The van der Waals surface area contributed by atoms with Crippen molar-refractivity contribution in [1.29, 1.82) is 0 Å². The highest BCUT2D eigenvalue weighted by molar-refractivity contribution is 5.67. The fourth-order valence-corrected chi connectivity index (χ4v) is 3.93. The summed E-state index contributed by atoms with van der Waals surface area (Å²) in [5, 5.41) is 8.84. The Hall–Kier alpha value is -3.52. The number of hydrogen-bond acceptors (Lipinski definition) is 4. The van der Waals surface area contributed by atoms with Gasteiger partial charge < -0.3 is 19.5 Å². The van der Waals surface area contributed by atoms with Crippen molar-refractivity contribution in [2.24, 2.45) is 0 Å². The van der Waals surface area contributed by atoms with Gasteiger partial charge in [0.15, 0.2) is 0 Å². The molecule has 0 saturated carbocycles. The summed E-state index contributed by atoms with van der Waals surface area (Å²) >= 11 is 0. The van der Waals surface area contributed by atoms with Gasteiger partial charge in [-0.25, -0.2) is 0 Å². The van der Waals surface area contributed by atoms with Gasteiger partial charge in [0.25, 0.3) is 0 Å². The number of carbonyl (C=O) groups is 1. The molecule has 1 aliphatic rings. The maximum atomic E-state index is 13.9. The van der Waals surface area contributed by atoms with Crippen LogP contribution in [0.4, 0.5) is 13.2 Å². The zero-order chi connectivity index (χ0) is 24.3. The van der Waals surface area contributed by atoms with Gasteiger partial charge in [-0.05, 0) is 67.4 Å². The average molecular weight is 471 g/mol. The summed E-state index contributed by atoms with van der Waals surface area (Å²) in [6.07, 6.45) is -3.63. The average Bonchev–Trinajstić information content (AvgIpc) is 2.79. The van der Waals surface area contributed by atoms with Crippen molar-refractivity contribution in [1.82, 2.24) is 4.90 Å². The summed E-state index contributed by atoms with van der Waals surface area (Å²) in [6.45, 7) is 1.58. The third-order valence-corrected chi connectivity index (χ3v) is 5.66. The lowest BCUT2D eigenvalue weighted by molar-refractivity contribution is -0.139. The molecule has 0 saturated heterocycles. The van der Waals surface area contributed by atoms with E-state index < -0.39 is 17.7 Å². The molecular weight excluding hydrogens is 447 g/mol. The summed E-state index contributed by atoms with van der Waals surface area (Å²) in [6, 6.07) is 15.6. The van der Waals surface area contributed by atoms with E-state index in [0.717, 1.165) is 30.2 Å². The molecule has 0 atom stereocenters. The molecule has 3 aromatic carbocycles. The second-order valence-electron chi connectivity index (χ2n) is 8.28. The van der Waals surface area contributed by atoms with E-state index in [1.807, 2.05) is 19.2 Å². The van der Waals surface area contributed by atoms with Crippen LogP contribution in [0.3, 0.4) is 0 Å². The van der Waals surface area contributed by atoms with Crippen LogP contribution >= 0.6 is 0 Å². The highest BCUT2D eigenvalue weighted by Gasteiger charge is 2.35. The third-order valence-electron chi connectivity index (χ3n) is 5.66. The topological polar surface area (TPSA) is 59.0 Å². The van der Waals surface area contributed by atoms with Gasteiger partial charge in [0, 0.05) is 25.1 Å². The molecule has 4 rings (SSSR count). The first-order valence-corrected chi connectivity index (χ1v) is 10.9. The standard InChI is InChI=1S/C26H24F3NO4/c1-30-13-12-18-5-3-7-23(21(18)16-30)33-20-9-10-24(22(15-20)26(27,28)29)34-19-6-2-4-17(14-19)8-11-25(31)32/h2-7,9-10,14-15H,8,11-13,16H2,1H3,(H,31,32). The van der Waals surface area contributed by atoms with Gasteiger partial charge in [0.1, 0.15) is 28.6 Å². The van der Waals surface area contributed by atoms with E-state index >= 15 is 0 Å². The Morgan fingerprint density at radius 1 is 1.00 bits per heavy atom. The van der Waals surface area contributed by atoms with Crippen molar-refractivity contribution in [2.75, 3.05) is 13.6 Å². The van der Waals surface area contributed by atoms with Gasteiger partial charge in [-0.1, -0.05) is 24.3 Å². The molecule has 5 nitrogen and oxygen atoms in total. The molecule has 3 aromatic rings. The molecule has 178 valence electrons. The SMILES string of the molecule is CN1CCc2cccc(Oc3ccc(Oc4cccc(CCC(=O)O)c4)c(C(F)(F)F)c3)c2C1. The molecule has 0 radical (unpaired) electrons. The van der Waals surface area contributed by atoms with Gasteiger partial charge in [0.2, 0.25) is 0 Å². The molecule has 34 heavy (non-hydrogen) atoms. The minimum atomic E-state index is -4.66. The molecule has 0 aromatic heterocycles. The zero-order valence-electron chi connectivity index (χ0n) is 18.6. The van der Waals surface area contributed by atoms with Crippen LogP contribution in [0, 0.1) is 0 Å². The molecule has 0 aliphatic carbocycles. The summed E-state index contributed by atoms with van der Waals surface area (Å²) in [4.78, 5) is 12.9. The predicted molar refractivity (Wildman–Crippen MR) is 120 cm³/mol. The van der Waals surface area contributed by atoms with E-state index in [1.54, 1.807) is 24.3 Å². The number of carboxylic acids is 1. The Morgan fingerprint density at radius 2 is 1.74 bits per heavy atom. The second kappa shape index (κ2) is 9.77. The van der Waals surface area contributed by atoms with Crippen molar-refractivity contribution in [3.8, 4) is 23.0 Å². The molecule has 0 bridgehead atoms. The number of likely N-dealkylation sites (N-methyl/N-ethyl adjacent to an activating group) is 1. The van der Waals surface area contributed by atoms with Crippen molar-refractivity contribution >= 4 is 5.97 Å². The van der Waals surface area contributed by atoms with E-state index in [4.69, 9.17) is 14.6 Å².